The highest BCUT2D eigenvalue weighted by Gasteiger charge is 2.34. The summed E-state index contributed by atoms with van der Waals surface area (Å²) in [4.78, 5) is 55.3. The van der Waals surface area contributed by atoms with E-state index in [1.54, 1.807) is 37.3 Å². The van der Waals surface area contributed by atoms with Crippen molar-refractivity contribution in [2.24, 2.45) is 4.99 Å². The number of methoxy groups -OCH3 is 2. The minimum Gasteiger partial charge on any atom is -0.493 e. The minimum atomic E-state index is -0.903. The summed E-state index contributed by atoms with van der Waals surface area (Å²) in [6.45, 7) is 7.71. The standard InChI is InChI=1S/C30H28N2O9S/c1-7-12-39-29(36)26-16(2)31-30-32(27(26)20-9-11-22(37-5)24(13-20)38-6)28(35)25(42-30)14-19-8-10-21(40-17(3)33)15-23(19)41-18(4)34/h7-11,13-15,27H,1,12H2,2-6H3/b25-14+. The van der Waals surface area contributed by atoms with Crippen molar-refractivity contribution in [2.45, 2.75) is 26.8 Å². The number of thiazole rings is 1. The highest BCUT2D eigenvalue weighted by Crippen LogP contribution is 2.36. The van der Waals surface area contributed by atoms with E-state index in [0.29, 0.717) is 33.1 Å². The van der Waals surface area contributed by atoms with Gasteiger partial charge in [-0.05, 0) is 42.8 Å². The fraction of sp³-hybridized carbons (Fsp3) is 0.233. The van der Waals surface area contributed by atoms with Crippen molar-refractivity contribution in [3.63, 3.8) is 0 Å². The van der Waals surface area contributed by atoms with Crippen LogP contribution in [0.4, 0.5) is 0 Å². The van der Waals surface area contributed by atoms with E-state index in [0.717, 1.165) is 11.3 Å². The number of hydrogen-bond donors (Lipinski definition) is 0. The Morgan fingerprint density at radius 1 is 1.00 bits per heavy atom. The molecule has 218 valence electrons. The van der Waals surface area contributed by atoms with E-state index in [2.05, 4.69) is 11.6 Å². The molecule has 11 nitrogen and oxygen atoms in total. The number of allylic oxidation sites excluding steroid dienone is 1. The zero-order chi connectivity index (χ0) is 30.6. The van der Waals surface area contributed by atoms with Gasteiger partial charge in [0.15, 0.2) is 16.3 Å². The van der Waals surface area contributed by atoms with E-state index in [-0.39, 0.29) is 28.2 Å². The van der Waals surface area contributed by atoms with Gasteiger partial charge in [0.2, 0.25) is 0 Å². The predicted octanol–water partition coefficient (Wildman–Crippen LogP) is 2.83. The second kappa shape index (κ2) is 12.7. The quantitative estimate of drug-likeness (QED) is 0.209. The van der Waals surface area contributed by atoms with Gasteiger partial charge in [-0.3, -0.25) is 19.0 Å². The first-order chi connectivity index (χ1) is 20.1. The lowest BCUT2D eigenvalue weighted by atomic mass is 9.95. The van der Waals surface area contributed by atoms with Gasteiger partial charge in [0, 0.05) is 25.5 Å². The number of carbonyl (C=O) groups is 3. The maximum atomic E-state index is 14.0. The summed E-state index contributed by atoms with van der Waals surface area (Å²) in [5.41, 5.74) is 1.05. The zero-order valence-corrected chi connectivity index (χ0v) is 24.4. The molecule has 42 heavy (non-hydrogen) atoms. The molecule has 0 saturated heterocycles. The Morgan fingerprint density at radius 2 is 1.71 bits per heavy atom. The Balaban J connectivity index is 1.94. The van der Waals surface area contributed by atoms with E-state index in [4.69, 9.17) is 23.7 Å². The van der Waals surface area contributed by atoms with Crippen LogP contribution >= 0.6 is 11.3 Å². The Hall–Kier alpha value is -4.97. The number of hydrogen-bond acceptors (Lipinski definition) is 11. The summed E-state index contributed by atoms with van der Waals surface area (Å²) in [7, 11) is 2.99. The number of benzene rings is 2. The van der Waals surface area contributed by atoms with E-state index >= 15 is 0 Å². The van der Waals surface area contributed by atoms with Crippen molar-refractivity contribution in [1.82, 2.24) is 4.57 Å². The third-order valence-corrected chi connectivity index (χ3v) is 7.07. The number of carbonyl (C=O) groups excluding carboxylic acids is 3. The van der Waals surface area contributed by atoms with Crippen LogP contribution in [0, 0.1) is 0 Å². The summed E-state index contributed by atoms with van der Waals surface area (Å²) >= 11 is 1.09. The van der Waals surface area contributed by atoms with E-state index in [1.165, 1.54) is 50.8 Å². The van der Waals surface area contributed by atoms with Gasteiger partial charge in [-0.15, -0.1) is 0 Å². The van der Waals surface area contributed by atoms with Gasteiger partial charge in [0.05, 0.1) is 36.1 Å². The molecular formula is C30H28N2O9S. The van der Waals surface area contributed by atoms with Crippen molar-refractivity contribution < 1.29 is 38.1 Å². The Morgan fingerprint density at radius 3 is 2.36 bits per heavy atom. The third kappa shape index (κ3) is 6.18. The maximum absolute atomic E-state index is 14.0. The second-order valence-corrected chi connectivity index (χ2v) is 9.98. The molecule has 0 saturated carbocycles. The van der Waals surface area contributed by atoms with E-state index < -0.39 is 29.5 Å². The molecule has 0 amide bonds. The van der Waals surface area contributed by atoms with Gasteiger partial charge in [-0.1, -0.05) is 30.1 Å². The molecular weight excluding hydrogens is 564 g/mol. The molecule has 0 aliphatic carbocycles. The Kier molecular flexibility index (Phi) is 9.06. The first-order valence-corrected chi connectivity index (χ1v) is 13.4. The molecule has 2 heterocycles. The van der Waals surface area contributed by atoms with Crippen LogP contribution in [0.5, 0.6) is 23.0 Å². The molecule has 0 spiro atoms. The molecule has 0 N–H and O–H groups in total. The molecule has 1 aliphatic heterocycles. The molecule has 1 unspecified atom stereocenters. The number of rotatable bonds is 9. The van der Waals surface area contributed by atoms with Gasteiger partial charge in [0.1, 0.15) is 18.1 Å². The van der Waals surface area contributed by atoms with Gasteiger partial charge in [-0.2, -0.15) is 0 Å². The smallest absolute Gasteiger partial charge is 0.338 e. The summed E-state index contributed by atoms with van der Waals surface area (Å²) in [6, 6.07) is 8.66. The normalized spacial score (nSPS) is 14.4. The van der Waals surface area contributed by atoms with Crippen molar-refractivity contribution >= 4 is 35.3 Å². The number of ether oxygens (including phenoxy) is 5. The number of esters is 3. The summed E-state index contributed by atoms with van der Waals surface area (Å²) in [5, 5.41) is 0. The predicted molar refractivity (Wildman–Crippen MR) is 154 cm³/mol. The minimum absolute atomic E-state index is 0.0268. The van der Waals surface area contributed by atoms with Gasteiger partial charge in [0.25, 0.3) is 5.56 Å². The van der Waals surface area contributed by atoms with Crippen molar-refractivity contribution in [1.29, 1.82) is 0 Å². The highest BCUT2D eigenvalue weighted by molar-refractivity contribution is 7.07. The number of nitrogens with zero attached hydrogens (tertiary/aromatic N) is 2. The first kappa shape index (κ1) is 30.0. The van der Waals surface area contributed by atoms with Crippen molar-refractivity contribution in [2.75, 3.05) is 20.8 Å². The average molecular weight is 593 g/mol. The van der Waals surface area contributed by atoms with Gasteiger partial charge in [-0.25, -0.2) is 9.79 Å². The average Bonchev–Trinajstić information content (AvgIpc) is 3.25. The molecule has 0 fully saturated rings. The van der Waals surface area contributed by atoms with E-state index in [9.17, 15) is 19.2 Å². The van der Waals surface area contributed by atoms with E-state index in [1.807, 2.05) is 0 Å². The molecule has 4 rings (SSSR count). The summed E-state index contributed by atoms with van der Waals surface area (Å²) < 4.78 is 28.3. The van der Waals surface area contributed by atoms with Crippen molar-refractivity contribution in [3.05, 3.63) is 91.1 Å². The molecule has 3 aromatic rings. The van der Waals surface area contributed by atoms with Crippen LogP contribution in [0.1, 0.15) is 37.9 Å². The molecule has 12 heteroatoms. The van der Waals surface area contributed by atoms with Crippen LogP contribution in [0.3, 0.4) is 0 Å². The Labute approximate surface area is 244 Å². The van der Waals surface area contributed by atoms with Crippen LogP contribution in [-0.4, -0.2) is 43.3 Å². The summed E-state index contributed by atoms with van der Waals surface area (Å²) in [6.07, 6.45) is 2.99. The fourth-order valence-corrected chi connectivity index (χ4v) is 5.42. The summed E-state index contributed by atoms with van der Waals surface area (Å²) in [5.74, 6) is -0.651. The topological polar surface area (TPSA) is 132 Å². The maximum Gasteiger partial charge on any atom is 0.338 e. The first-order valence-electron chi connectivity index (χ1n) is 12.6. The SMILES string of the molecule is C=CCOC(=O)C1=C(C)N=c2s/c(=C/c3ccc(OC(C)=O)cc3OC(C)=O)c(=O)n2C1c1ccc(OC)c(OC)c1. The molecule has 1 aliphatic rings. The van der Waals surface area contributed by atoms with Crippen LogP contribution in [0.15, 0.2) is 70.1 Å². The van der Waals surface area contributed by atoms with Gasteiger partial charge < -0.3 is 23.7 Å². The second-order valence-electron chi connectivity index (χ2n) is 8.97. The largest absolute Gasteiger partial charge is 0.493 e. The highest BCUT2D eigenvalue weighted by atomic mass is 32.1. The lowest BCUT2D eigenvalue weighted by Gasteiger charge is -2.25. The number of aromatic nitrogens is 1. The molecule has 0 bridgehead atoms. The van der Waals surface area contributed by atoms with Crippen molar-refractivity contribution in [3.8, 4) is 23.0 Å². The Bertz CT molecular complexity index is 1800. The number of fused-ring (bicyclic) bond motifs is 1. The zero-order valence-electron chi connectivity index (χ0n) is 23.6. The lowest BCUT2D eigenvalue weighted by molar-refractivity contribution is -0.138. The molecule has 1 atom stereocenters. The van der Waals surface area contributed by atoms with Crippen LogP contribution in [-0.2, 0) is 19.1 Å². The van der Waals surface area contributed by atoms with Crippen LogP contribution in [0.2, 0.25) is 0 Å². The third-order valence-electron chi connectivity index (χ3n) is 6.08. The molecule has 2 aromatic carbocycles. The van der Waals surface area contributed by atoms with Gasteiger partial charge >= 0.3 is 17.9 Å². The van der Waals surface area contributed by atoms with Crippen LogP contribution in [0.25, 0.3) is 6.08 Å². The molecule has 1 aromatic heterocycles. The molecule has 0 radical (unpaired) electrons. The lowest BCUT2D eigenvalue weighted by Crippen LogP contribution is -2.40. The monoisotopic (exact) mass is 592 g/mol. The van der Waals surface area contributed by atoms with Crippen LogP contribution < -0.4 is 33.8 Å². The fourth-order valence-electron chi connectivity index (χ4n) is 4.38.